The highest BCUT2D eigenvalue weighted by molar-refractivity contribution is 9.10. The second-order valence-electron chi connectivity index (χ2n) is 7.88. The Balaban J connectivity index is 1.40. The van der Waals surface area contributed by atoms with Gasteiger partial charge in [0.15, 0.2) is 0 Å². The van der Waals surface area contributed by atoms with Gasteiger partial charge in [-0.25, -0.2) is 4.79 Å². The lowest BCUT2D eigenvalue weighted by atomic mass is 10.1. The molecule has 3 amide bonds. The van der Waals surface area contributed by atoms with E-state index in [0.717, 1.165) is 23.6 Å². The molecule has 30 heavy (non-hydrogen) atoms. The predicted molar refractivity (Wildman–Crippen MR) is 116 cm³/mol. The normalized spacial score (nSPS) is 27.3. The Hall–Kier alpha value is -2.80. The molecule has 1 saturated carbocycles. The van der Waals surface area contributed by atoms with Gasteiger partial charge in [0, 0.05) is 30.8 Å². The van der Waals surface area contributed by atoms with Crippen LogP contribution in [-0.2, 0) is 11.3 Å². The van der Waals surface area contributed by atoms with Crippen molar-refractivity contribution in [1.29, 1.82) is 0 Å². The number of nitrogens with zero attached hydrogens (tertiary/aromatic N) is 3. The van der Waals surface area contributed by atoms with Gasteiger partial charge in [-0.1, -0.05) is 46.3 Å². The molecule has 1 aromatic carbocycles. The molecule has 4 aliphatic rings. The molecule has 7 heteroatoms. The average Bonchev–Trinajstić information content (AvgIpc) is 3.48. The van der Waals surface area contributed by atoms with E-state index in [1.165, 1.54) is 10.6 Å². The number of urea groups is 1. The molecule has 3 aliphatic heterocycles. The van der Waals surface area contributed by atoms with Gasteiger partial charge in [0.2, 0.25) is 5.91 Å². The third-order valence-corrected chi connectivity index (χ3v) is 7.17. The maximum Gasteiger partial charge on any atom is 0.332 e. The first kappa shape index (κ1) is 19.2. The SMILES string of the molecule is COc1ccc(CN2C(=O)CCN(C3=CC=CC=C4C5CC5(Br)C=CN43)C2=O)cc1. The molecule has 154 valence electrons. The predicted octanol–water partition coefficient (Wildman–Crippen LogP) is 4.13. The van der Waals surface area contributed by atoms with Crippen LogP contribution in [-0.4, -0.2) is 44.6 Å². The zero-order valence-corrected chi connectivity index (χ0v) is 18.2. The van der Waals surface area contributed by atoms with Crippen LogP contribution in [0.2, 0.25) is 0 Å². The van der Waals surface area contributed by atoms with Crippen LogP contribution in [0.3, 0.4) is 0 Å². The minimum absolute atomic E-state index is 0.0426. The number of hydrogen-bond donors (Lipinski definition) is 0. The van der Waals surface area contributed by atoms with Crippen LogP contribution in [0, 0.1) is 5.92 Å². The first-order valence-electron chi connectivity index (χ1n) is 10.0. The van der Waals surface area contributed by atoms with Crippen molar-refractivity contribution in [2.75, 3.05) is 13.7 Å². The number of allylic oxidation sites excluding steroid dienone is 6. The summed E-state index contributed by atoms with van der Waals surface area (Å²) in [6, 6.07) is 7.14. The number of hydrogen-bond acceptors (Lipinski definition) is 4. The Morgan fingerprint density at radius 3 is 2.70 bits per heavy atom. The van der Waals surface area contributed by atoms with E-state index in [1.54, 1.807) is 12.0 Å². The second kappa shape index (κ2) is 7.16. The summed E-state index contributed by atoms with van der Waals surface area (Å²) in [4.78, 5) is 31.1. The lowest BCUT2D eigenvalue weighted by Gasteiger charge is -2.40. The monoisotopic (exact) mass is 467 g/mol. The number of fused-ring (bicyclic) bond motifs is 3. The van der Waals surface area contributed by atoms with Crippen molar-refractivity contribution in [2.24, 2.45) is 5.92 Å². The third kappa shape index (κ3) is 3.17. The van der Waals surface area contributed by atoms with Crippen LogP contribution in [0.25, 0.3) is 0 Å². The van der Waals surface area contributed by atoms with Gasteiger partial charge in [-0.15, -0.1) is 0 Å². The number of halogens is 1. The van der Waals surface area contributed by atoms with E-state index in [1.807, 2.05) is 48.7 Å². The summed E-state index contributed by atoms with van der Waals surface area (Å²) in [6.07, 6.45) is 13.5. The topological polar surface area (TPSA) is 53.1 Å². The van der Waals surface area contributed by atoms with Crippen LogP contribution >= 0.6 is 15.9 Å². The number of methoxy groups -OCH3 is 1. The summed E-state index contributed by atoms with van der Waals surface area (Å²) in [5.41, 5.74) is 2.05. The van der Waals surface area contributed by atoms with Crippen molar-refractivity contribution in [2.45, 2.75) is 23.7 Å². The molecule has 0 radical (unpaired) electrons. The van der Waals surface area contributed by atoms with E-state index in [9.17, 15) is 9.59 Å². The number of carbonyl (C=O) groups excluding carboxylic acids is 2. The summed E-state index contributed by atoms with van der Waals surface area (Å²) >= 11 is 3.81. The van der Waals surface area contributed by atoms with Gasteiger partial charge in [-0.2, -0.15) is 0 Å². The molecule has 2 atom stereocenters. The van der Waals surface area contributed by atoms with Gasteiger partial charge in [0.25, 0.3) is 0 Å². The minimum Gasteiger partial charge on any atom is -0.497 e. The summed E-state index contributed by atoms with van der Waals surface area (Å²) in [7, 11) is 1.61. The smallest absolute Gasteiger partial charge is 0.332 e. The molecule has 0 spiro atoms. The first-order chi connectivity index (χ1) is 14.5. The number of amides is 3. The molecular weight excluding hydrogens is 446 g/mol. The minimum atomic E-state index is -0.289. The highest BCUT2D eigenvalue weighted by Crippen LogP contribution is 2.59. The summed E-state index contributed by atoms with van der Waals surface area (Å²) < 4.78 is 5.23. The van der Waals surface area contributed by atoms with Crippen LogP contribution in [0.4, 0.5) is 4.79 Å². The van der Waals surface area contributed by atoms with E-state index in [2.05, 4.69) is 33.0 Å². The highest BCUT2D eigenvalue weighted by atomic mass is 79.9. The highest BCUT2D eigenvalue weighted by Gasteiger charge is 2.56. The zero-order chi connectivity index (χ0) is 20.9. The molecule has 0 bridgehead atoms. The molecule has 6 nitrogen and oxygen atoms in total. The number of rotatable bonds is 4. The summed E-state index contributed by atoms with van der Waals surface area (Å²) in [5, 5.41) is 0. The van der Waals surface area contributed by atoms with Gasteiger partial charge in [-0.05, 0) is 36.3 Å². The molecule has 3 heterocycles. The molecule has 0 N–H and O–H groups in total. The lowest BCUT2D eigenvalue weighted by molar-refractivity contribution is -0.131. The molecule has 5 rings (SSSR count). The van der Waals surface area contributed by atoms with Gasteiger partial charge >= 0.3 is 6.03 Å². The fourth-order valence-corrected chi connectivity index (χ4v) is 4.89. The molecule has 1 aliphatic carbocycles. The molecule has 1 aromatic rings. The Morgan fingerprint density at radius 1 is 1.17 bits per heavy atom. The van der Waals surface area contributed by atoms with E-state index >= 15 is 0 Å². The number of benzene rings is 1. The van der Waals surface area contributed by atoms with E-state index in [0.29, 0.717) is 18.9 Å². The van der Waals surface area contributed by atoms with E-state index in [-0.39, 0.29) is 22.8 Å². The van der Waals surface area contributed by atoms with Crippen LogP contribution in [0.5, 0.6) is 5.75 Å². The number of carbonyl (C=O) groups is 2. The van der Waals surface area contributed by atoms with Crippen molar-refractivity contribution < 1.29 is 14.3 Å². The summed E-state index contributed by atoms with van der Waals surface area (Å²) in [5.74, 6) is 1.77. The quantitative estimate of drug-likeness (QED) is 0.624. The Bertz CT molecular complexity index is 1030. The largest absolute Gasteiger partial charge is 0.497 e. The molecule has 2 fully saturated rings. The van der Waals surface area contributed by atoms with Gasteiger partial charge in [0.1, 0.15) is 11.6 Å². The number of alkyl halides is 1. The first-order valence-corrected chi connectivity index (χ1v) is 10.8. The maximum atomic E-state index is 13.4. The fourth-order valence-electron chi connectivity index (χ4n) is 4.21. The molecular formula is C23H22BrN3O3. The van der Waals surface area contributed by atoms with Crippen molar-refractivity contribution in [3.8, 4) is 5.75 Å². The summed E-state index contributed by atoms with van der Waals surface area (Å²) in [6.45, 7) is 0.616. The van der Waals surface area contributed by atoms with Crippen molar-refractivity contribution in [3.63, 3.8) is 0 Å². The molecule has 1 saturated heterocycles. The van der Waals surface area contributed by atoms with Crippen LogP contribution in [0.1, 0.15) is 18.4 Å². The second-order valence-corrected chi connectivity index (χ2v) is 9.36. The van der Waals surface area contributed by atoms with E-state index in [4.69, 9.17) is 4.74 Å². The van der Waals surface area contributed by atoms with Gasteiger partial charge in [0.05, 0.1) is 18.0 Å². The Kier molecular flexibility index (Phi) is 4.58. The molecule has 0 aromatic heterocycles. The van der Waals surface area contributed by atoms with Crippen molar-refractivity contribution in [1.82, 2.24) is 14.7 Å². The van der Waals surface area contributed by atoms with Gasteiger partial charge < -0.3 is 9.64 Å². The van der Waals surface area contributed by atoms with Gasteiger partial charge in [-0.3, -0.25) is 14.6 Å². The zero-order valence-electron chi connectivity index (χ0n) is 16.6. The van der Waals surface area contributed by atoms with Crippen LogP contribution in [0.15, 0.2) is 72.4 Å². The molecule has 2 unspecified atom stereocenters. The van der Waals surface area contributed by atoms with Crippen molar-refractivity contribution in [3.05, 3.63) is 77.9 Å². The Labute approximate surface area is 183 Å². The maximum absolute atomic E-state index is 13.4. The average molecular weight is 468 g/mol. The van der Waals surface area contributed by atoms with Crippen molar-refractivity contribution >= 4 is 27.9 Å². The number of imide groups is 1. The third-order valence-electron chi connectivity index (χ3n) is 6.03. The lowest BCUT2D eigenvalue weighted by Crippen LogP contribution is -2.53. The van der Waals surface area contributed by atoms with Crippen LogP contribution < -0.4 is 4.74 Å². The standard InChI is InChI=1S/C23H22BrN3O3/c1-30-17-8-6-16(7-9-17)15-27-21(28)10-12-26(22(27)29)20-5-3-2-4-19-18-14-23(18,24)11-13-25(19)20/h2-9,11,13,18H,10,12,14-15H2,1H3. The Morgan fingerprint density at radius 2 is 1.93 bits per heavy atom. The number of ether oxygens (including phenoxy) is 1. The van der Waals surface area contributed by atoms with E-state index < -0.39 is 0 Å². The fraction of sp³-hybridized carbons (Fsp3) is 0.304.